The van der Waals surface area contributed by atoms with E-state index < -0.39 is 0 Å². The average molecular weight is 354 g/mol. The van der Waals surface area contributed by atoms with Gasteiger partial charge in [0.25, 0.3) is 11.5 Å². The van der Waals surface area contributed by atoms with E-state index in [2.05, 4.69) is 10.3 Å². The Bertz CT molecular complexity index is 981. The molecule has 2 N–H and O–H groups in total. The van der Waals surface area contributed by atoms with Crippen molar-refractivity contribution < 1.29 is 13.9 Å². The quantitative estimate of drug-likeness (QED) is 0.715. The highest BCUT2D eigenvalue weighted by Gasteiger charge is 2.06. The maximum atomic E-state index is 12.8. The lowest BCUT2D eigenvalue weighted by molar-refractivity contribution is -0.123. The maximum absolute atomic E-state index is 12.8. The van der Waals surface area contributed by atoms with Crippen molar-refractivity contribution in [1.29, 1.82) is 0 Å². The Morgan fingerprint density at radius 1 is 1.15 bits per heavy atom. The number of halogens is 1. The van der Waals surface area contributed by atoms with Crippen molar-refractivity contribution in [3.05, 3.63) is 75.8 Å². The Labute approximate surface area is 149 Å². The van der Waals surface area contributed by atoms with E-state index >= 15 is 0 Å². The summed E-state index contributed by atoms with van der Waals surface area (Å²) in [5, 5.41) is 3.66. The molecule has 0 saturated carbocycles. The third-order valence-electron chi connectivity index (χ3n) is 3.98. The van der Waals surface area contributed by atoms with E-state index in [1.54, 1.807) is 0 Å². The number of fused-ring (bicyclic) bond motifs is 1. The van der Waals surface area contributed by atoms with E-state index in [0.717, 1.165) is 16.5 Å². The number of hydrogen-bond donors (Lipinski definition) is 2. The van der Waals surface area contributed by atoms with Gasteiger partial charge in [-0.25, -0.2) is 4.39 Å². The molecule has 0 fully saturated rings. The molecule has 1 aromatic heterocycles. The number of carbonyl (C=O) groups is 1. The van der Waals surface area contributed by atoms with Gasteiger partial charge >= 0.3 is 0 Å². The van der Waals surface area contributed by atoms with Crippen molar-refractivity contribution in [1.82, 2.24) is 10.3 Å². The molecule has 0 aliphatic heterocycles. The molecule has 2 aromatic carbocycles. The number of nitrogens with one attached hydrogen (secondary N) is 2. The fourth-order valence-electron chi connectivity index (χ4n) is 2.61. The lowest BCUT2D eigenvalue weighted by Crippen LogP contribution is -2.31. The van der Waals surface area contributed by atoms with Crippen LogP contribution in [0.4, 0.5) is 4.39 Å². The second kappa shape index (κ2) is 7.82. The Morgan fingerprint density at radius 2 is 1.92 bits per heavy atom. The van der Waals surface area contributed by atoms with Crippen molar-refractivity contribution in [2.75, 3.05) is 13.2 Å². The van der Waals surface area contributed by atoms with E-state index in [1.807, 2.05) is 31.2 Å². The van der Waals surface area contributed by atoms with Gasteiger partial charge in [-0.05, 0) is 60.7 Å². The Morgan fingerprint density at radius 3 is 2.69 bits per heavy atom. The van der Waals surface area contributed by atoms with Gasteiger partial charge in [-0.1, -0.05) is 12.1 Å². The van der Waals surface area contributed by atoms with Crippen LogP contribution in [0.3, 0.4) is 0 Å². The van der Waals surface area contributed by atoms with Gasteiger partial charge in [0.2, 0.25) is 0 Å². The predicted molar refractivity (Wildman–Crippen MR) is 97.9 cm³/mol. The van der Waals surface area contributed by atoms with Crippen LogP contribution in [0, 0.1) is 12.7 Å². The summed E-state index contributed by atoms with van der Waals surface area (Å²) in [6, 6.07) is 13.2. The molecule has 3 aromatic rings. The van der Waals surface area contributed by atoms with Crippen molar-refractivity contribution >= 4 is 16.8 Å². The fraction of sp³-hybridized carbons (Fsp3) is 0.200. The third kappa shape index (κ3) is 4.47. The van der Waals surface area contributed by atoms with Crippen molar-refractivity contribution in [2.24, 2.45) is 0 Å². The first-order valence-corrected chi connectivity index (χ1v) is 8.29. The van der Waals surface area contributed by atoms with Crippen LogP contribution in [0.15, 0.2) is 53.3 Å². The van der Waals surface area contributed by atoms with Crippen LogP contribution < -0.4 is 15.6 Å². The van der Waals surface area contributed by atoms with Crippen LogP contribution in [0.25, 0.3) is 10.9 Å². The molecule has 26 heavy (non-hydrogen) atoms. The predicted octanol–water partition coefficient (Wildman–Crippen LogP) is 2.71. The minimum Gasteiger partial charge on any atom is -0.484 e. The van der Waals surface area contributed by atoms with Crippen LogP contribution in [0.2, 0.25) is 0 Å². The number of ether oxygens (including phenoxy) is 1. The van der Waals surface area contributed by atoms with E-state index in [1.165, 1.54) is 24.3 Å². The largest absolute Gasteiger partial charge is 0.484 e. The molecule has 0 radical (unpaired) electrons. The molecular weight excluding hydrogens is 335 g/mol. The summed E-state index contributed by atoms with van der Waals surface area (Å²) in [6.45, 7) is 2.13. The van der Waals surface area contributed by atoms with Gasteiger partial charge in [0, 0.05) is 17.6 Å². The first kappa shape index (κ1) is 17.7. The first-order valence-electron chi connectivity index (χ1n) is 8.29. The van der Waals surface area contributed by atoms with Crippen molar-refractivity contribution in [2.45, 2.75) is 13.3 Å². The highest BCUT2D eigenvalue weighted by molar-refractivity contribution is 5.79. The molecule has 1 amide bonds. The zero-order chi connectivity index (χ0) is 18.5. The number of aromatic nitrogens is 1. The summed E-state index contributed by atoms with van der Waals surface area (Å²) >= 11 is 0. The minimum atomic E-state index is -0.363. The van der Waals surface area contributed by atoms with Crippen molar-refractivity contribution in [3.8, 4) is 5.75 Å². The molecule has 0 atom stereocenters. The number of hydrogen-bond acceptors (Lipinski definition) is 3. The molecular formula is C20H19FN2O3. The van der Waals surface area contributed by atoms with Gasteiger partial charge in [0.15, 0.2) is 6.61 Å². The molecule has 0 aliphatic carbocycles. The molecule has 3 rings (SSSR count). The molecule has 0 spiro atoms. The summed E-state index contributed by atoms with van der Waals surface area (Å²) in [5.41, 5.74) is 2.34. The summed E-state index contributed by atoms with van der Waals surface area (Å²) in [5.74, 6) is -0.248. The number of pyridine rings is 1. The van der Waals surface area contributed by atoms with E-state index in [4.69, 9.17) is 4.74 Å². The smallest absolute Gasteiger partial charge is 0.257 e. The van der Waals surface area contributed by atoms with Gasteiger partial charge in [-0.3, -0.25) is 9.59 Å². The number of carbonyl (C=O) groups excluding carboxylic acids is 1. The van der Waals surface area contributed by atoms with Gasteiger partial charge in [0.05, 0.1) is 0 Å². The van der Waals surface area contributed by atoms with Crippen LogP contribution in [-0.4, -0.2) is 24.0 Å². The SMILES string of the molecule is Cc1ccc2cc(CCNC(=O)COc3ccc(F)cc3)c(=O)[nH]c2c1. The van der Waals surface area contributed by atoms with E-state index in [9.17, 15) is 14.0 Å². The number of aromatic amines is 1. The van der Waals surface area contributed by atoms with Gasteiger partial charge in [0.1, 0.15) is 11.6 Å². The number of amides is 1. The van der Waals surface area contributed by atoms with Gasteiger partial charge in [-0.15, -0.1) is 0 Å². The zero-order valence-electron chi connectivity index (χ0n) is 14.3. The zero-order valence-corrected chi connectivity index (χ0v) is 14.3. The Hall–Kier alpha value is -3.15. The molecule has 1 heterocycles. The Balaban J connectivity index is 1.52. The van der Waals surface area contributed by atoms with Crippen LogP contribution >= 0.6 is 0 Å². The monoisotopic (exact) mass is 354 g/mol. The summed E-state index contributed by atoms with van der Waals surface area (Å²) in [4.78, 5) is 26.8. The second-order valence-electron chi connectivity index (χ2n) is 6.06. The first-order chi connectivity index (χ1) is 12.5. The van der Waals surface area contributed by atoms with Gasteiger partial charge in [-0.2, -0.15) is 0 Å². The molecule has 6 heteroatoms. The maximum Gasteiger partial charge on any atom is 0.257 e. The van der Waals surface area contributed by atoms with Crippen LogP contribution in [0.1, 0.15) is 11.1 Å². The number of aryl methyl sites for hydroxylation is 1. The van der Waals surface area contributed by atoms with Gasteiger partial charge < -0.3 is 15.0 Å². The highest BCUT2D eigenvalue weighted by atomic mass is 19.1. The molecule has 134 valence electrons. The summed E-state index contributed by atoms with van der Waals surface area (Å²) < 4.78 is 18.1. The molecule has 0 aliphatic rings. The Kier molecular flexibility index (Phi) is 5.31. The number of H-pyrrole nitrogens is 1. The standard InChI is InChI=1S/C20H19FN2O3/c1-13-2-3-14-11-15(20(25)23-18(14)10-13)8-9-22-19(24)12-26-17-6-4-16(21)5-7-17/h2-7,10-11H,8-9,12H2,1H3,(H,22,24)(H,23,25). The van der Waals surface area contributed by atoms with Crippen LogP contribution in [-0.2, 0) is 11.2 Å². The molecule has 0 bridgehead atoms. The highest BCUT2D eigenvalue weighted by Crippen LogP contribution is 2.13. The molecule has 5 nitrogen and oxygen atoms in total. The second-order valence-corrected chi connectivity index (χ2v) is 6.06. The summed E-state index contributed by atoms with van der Waals surface area (Å²) in [6.07, 6.45) is 0.418. The number of benzene rings is 2. The fourth-order valence-corrected chi connectivity index (χ4v) is 2.61. The third-order valence-corrected chi connectivity index (χ3v) is 3.98. The topological polar surface area (TPSA) is 71.2 Å². The van der Waals surface area contributed by atoms with Crippen LogP contribution in [0.5, 0.6) is 5.75 Å². The lowest BCUT2D eigenvalue weighted by atomic mass is 10.1. The van der Waals surface area contributed by atoms with E-state index in [-0.39, 0.29) is 23.9 Å². The minimum absolute atomic E-state index is 0.153. The number of rotatable bonds is 6. The molecule has 0 saturated heterocycles. The van der Waals surface area contributed by atoms with Crippen molar-refractivity contribution in [3.63, 3.8) is 0 Å². The normalized spacial score (nSPS) is 10.7. The summed E-state index contributed by atoms with van der Waals surface area (Å²) in [7, 11) is 0. The van der Waals surface area contributed by atoms with E-state index in [0.29, 0.717) is 24.3 Å². The average Bonchev–Trinajstić information content (AvgIpc) is 2.62. The lowest BCUT2D eigenvalue weighted by Gasteiger charge is -2.08. The molecule has 0 unspecified atom stereocenters.